The molecule has 3 aromatic rings. The summed E-state index contributed by atoms with van der Waals surface area (Å²) >= 11 is 3.48. The lowest BCUT2D eigenvalue weighted by Gasteiger charge is -2.23. The van der Waals surface area contributed by atoms with Crippen LogP contribution >= 0.6 is 15.9 Å². The molecule has 1 heterocycles. The van der Waals surface area contributed by atoms with Gasteiger partial charge in [0, 0.05) is 29.7 Å². The molecular weight excluding hydrogens is 404 g/mol. The lowest BCUT2D eigenvalue weighted by molar-refractivity contribution is 0.587. The van der Waals surface area contributed by atoms with Crippen molar-refractivity contribution >= 4 is 15.9 Å². The number of rotatable bonds is 6. The van der Waals surface area contributed by atoms with Crippen molar-refractivity contribution < 1.29 is 0 Å². The molecule has 0 radical (unpaired) electrons. The highest BCUT2D eigenvalue weighted by Gasteiger charge is 2.23. The summed E-state index contributed by atoms with van der Waals surface area (Å²) in [6.07, 6.45) is 2.24. The first-order valence-corrected chi connectivity index (χ1v) is 9.59. The molecule has 0 fully saturated rings. The second-order valence-electron chi connectivity index (χ2n) is 6.73. The largest absolute Gasteiger partial charge is 0.318 e. The van der Waals surface area contributed by atoms with Crippen LogP contribution < -0.4 is 5.56 Å². The number of aryl methyl sites for hydroxylation is 2. The zero-order valence-corrected chi connectivity index (χ0v) is 16.9. The van der Waals surface area contributed by atoms with Crippen LogP contribution in [0.4, 0.5) is 0 Å². The van der Waals surface area contributed by atoms with Crippen LogP contribution in [0, 0.1) is 11.8 Å². The second kappa shape index (κ2) is 8.44. The number of benzene rings is 2. The quantitative estimate of drug-likeness (QED) is 0.491. The van der Waals surface area contributed by atoms with Gasteiger partial charge in [0.25, 0.3) is 0 Å². The maximum atomic E-state index is 11.7. The van der Waals surface area contributed by atoms with Crippen LogP contribution in [0.15, 0.2) is 81.3 Å². The third kappa shape index (κ3) is 4.42. The summed E-state index contributed by atoms with van der Waals surface area (Å²) in [6, 6.07) is 19.0. The van der Waals surface area contributed by atoms with E-state index in [1.165, 1.54) is 21.8 Å². The Hall–Kier alpha value is -2.53. The predicted octanol–water partition coefficient (Wildman–Crippen LogP) is 5.49. The first kappa shape index (κ1) is 19.2. The minimum atomic E-state index is -0.537. The van der Waals surface area contributed by atoms with Crippen molar-refractivity contribution in [2.45, 2.75) is 25.3 Å². The Bertz CT molecular complexity index is 996. The SMILES string of the molecule is Cc1ccccc1[C@H](CC(N=O)c1ccc(=O)n(C)c1)c1ccc(Br)cc1. The molecule has 0 saturated heterocycles. The normalized spacial score (nSPS) is 13.1. The fraction of sp³-hybridized carbons (Fsp3) is 0.227. The number of nitroso groups, excluding NO2 is 1. The zero-order chi connectivity index (χ0) is 19.4. The van der Waals surface area contributed by atoms with Gasteiger partial charge in [-0.15, -0.1) is 0 Å². The number of hydrogen-bond acceptors (Lipinski definition) is 3. The van der Waals surface area contributed by atoms with Crippen molar-refractivity contribution in [2.24, 2.45) is 12.2 Å². The Morgan fingerprint density at radius 2 is 1.67 bits per heavy atom. The van der Waals surface area contributed by atoms with Crippen LogP contribution in [0.5, 0.6) is 0 Å². The minimum absolute atomic E-state index is 0.0271. The summed E-state index contributed by atoms with van der Waals surface area (Å²) < 4.78 is 2.49. The molecule has 1 aromatic heterocycles. The van der Waals surface area contributed by atoms with Crippen molar-refractivity contribution in [2.75, 3.05) is 0 Å². The molecule has 5 heteroatoms. The third-order valence-electron chi connectivity index (χ3n) is 4.92. The number of halogens is 1. The molecule has 0 amide bonds. The van der Waals surface area contributed by atoms with Gasteiger partial charge in [0.1, 0.15) is 6.04 Å². The Morgan fingerprint density at radius 3 is 2.30 bits per heavy atom. The van der Waals surface area contributed by atoms with E-state index < -0.39 is 6.04 Å². The van der Waals surface area contributed by atoms with Crippen LogP contribution in [-0.2, 0) is 7.05 Å². The molecule has 0 bridgehead atoms. The molecule has 0 aliphatic carbocycles. The van der Waals surface area contributed by atoms with Crippen molar-refractivity contribution in [1.82, 2.24) is 4.57 Å². The van der Waals surface area contributed by atoms with Crippen LogP contribution in [0.25, 0.3) is 0 Å². The highest BCUT2D eigenvalue weighted by atomic mass is 79.9. The van der Waals surface area contributed by atoms with E-state index in [2.05, 4.69) is 52.3 Å². The van der Waals surface area contributed by atoms with E-state index in [4.69, 9.17) is 0 Å². The van der Waals surface area contributed by atoms with Crippen molar-refractivity contribution in [3.8, 4) is 0 Å². The molecule has 27 heavy (non-hydrogen) atoms. The minimum Gasteiger partial charge on any atom is -0.318 e. The Morgan fingerprint density at radius 1 is 1.00 bits per heavy atom. The lowest BCUT2D eigenvalue weighted by atomic mass is 9.83. The topological polar surface area (TPSA) is 51.4 Å². The van der Waals surface area contributed by atoms with Gasteiger partial charge in [-0.25, -0.2) is 0 Å². The van der Waals surface area contributed by atoms with Gasteiger partial charge in [-0.3, -0.25) is 4.79 Å². The summed E-state index contributed by atoms with van der Waals surface area (Å²) in [7, 11) is 1.68. The first-order valence-electron chi connectivity index (χ1n) is 8.79. The van der Waals surface area contributed by atoms with Gasteiger partial charge in [0.2, 0.25) is 5.56 Å². The van der Waals surface area contributed by atoms with Crippen molar-refractivity contribution in [3.63, 3.8) is 0 Å². The standard InChI is InChI=1S/C22H21BrN2O2/c1-15-5-3-4-6-19(15)20(16-7-10-18(23)11-8-16)13-21(24-27)17-9-12-22(26)25(2)14-17/h3-12,14,20-21H,13H2,1-2H3/t20-,21?/m1/s1. The van der Waals surface area contributed by atoms with Gasteiger partial charge in [-0.05, 0) is 53.8 Å². The van der Waals surface area contributed by atoms with E-state index in [0.717, 1.165) is 15.6 Å². The predicted molar refractivity (Wildman–Crippen MR) is 112 cm³/mol. The van der Waals surface area contributed by atoms with Crippen LogP contribution in [-0.4, -0.2) is 4.57 Å². The molecule has 2 aromatic carbocycles. The monoisotopic (exact) mass is 424 g/mol. The number of hydrogen-bond donors (Lipinski definition) is 0. The fourth-order valence-corrected chi connectivity index (χ4v) is 3.66. The summed E-state index contributed by atoms with van der Waals surface area (Å²) in [5.41, 5.74) is 4.13. The zero-order valence-electron chi connectivity index (χ0n) is 15.3. The highest BCUT2D eigenvalue weighted by molar-refractivity contribution is 9.10. The van der Waals surface area contributed by atoms with E-state index >= 15 is 0 Å². The maximum Gasteiger partial charge on any atom is 0.250 e. The van der Waals surface area contributed by atoms with Gasteiger partial charge in [0.05, 0.1) is 0 Å². The molecule has 0 aliphatic rings. The smallest absolute Gasteiger partial charge is 0.250 e. The van der Waals surface area contributed by atoms with Gasteiger partial charge >= 0.3 is 0 Å². The fourth-order valence-electron chi connectivity index (χ4n) is 3.39. The number of pyridine rings is 1. The van der Waals surface area contributed by atoms with E-state index in [0.29, 0.717) is 6.42 Å². The molecule has 1 unspecified atom stereocenters. The molecule has 4 nitrogen and oxygen atoms in total. The average Bonchev–Trinajstić information content (AvgIpc) is 2.67. The second-order valence-corrected chi connectivity index (χ2v) is 7.64. The van der Waals surface area contributed by atoms with Crippen molar-refractivity contribution in [1.29, 1.82) is 0 Å². The van der Waals surface area contributed by atoms with E-state index in [9.17, 15) is 9.70 Å². The van der Waals surface area contributed by atoms with Crippen molar-refractivity contribution in [3.05, 3.63) is 109 Å². The van der Waals surface area contributed by atoms with Gasteiger partial charge in [-0.2, -0.15) is 4.91 Å². The molecule has 0 spiro atoms. The molecule has 2 atom stereocenters. The summed E-state index contributed by atoms with van der Waals surface area (Å²) in [4.78, 5) is 23.4. The third-order valence-corrected chi connectivity index (χ3v) is 5.44. The Kier molecular flexibility index (Phi) is 6.01. The molecule has 138 valence electrons. The molecule has 3 rings (SSSR count). The summed E-state index contributed by atoms with van der Waals surface area (Å²) in [5.74, 6) is 0.0271. The molecular formula is C22H21BrN2O2. The average molecular weight is 425 g/mol. The van der Waals surface area contributed by atoms with Gasteiger partial charge in [0.15, 0.2) is 0 Å². The molecule has 0 aliphatic heterocycles. The van der Waals surface area contributed by atoms with Gasteiger partial charge < -0.3 is 4.57 Å². The number of aromatic nitrogens is 1. The first-order chi connectivity index (χ1) is 13.0. The number of nitrogens with zero attached hydrogens (tertiary/aromatic N) is 2. The highest BCUT2D eigenvalue weighted by Crippen LogP contribution is 2.37. The molecule has 0 saturated carbocycles. The lowest BCUT2D eigenvalue weighted by Crippen LogP contribution is -2.16. The van der Waals surface area contributed by atoms with Crippen LogP contribution in [0.1, 0.15) is 40.6 Å². The van der Waals surface area contributed by atoms with Gasteiger partial charge in [-0.1, -0.05) is 57.5 Å². The maximum absolute atomic E-state index is 11.7. The van der Waals surface area contributed by atoms with E-state index in [-0.39, 0.29) is 11.5 Å². The van der Waals surface area contributed by atoms with Crippen LogP contribution in [0.2, 0.25) is 0 Å². The van der Waals surface area contributed by atoms with E-state index in [1.54, 1.807) is 19.3 Å². The Balaban J connectivity index is 2.03. The van der Waals surface area contributed by atoms with Crippen LogP contribution in [0.3, 0.4) is 0 Å². The summed E-state index contributed by atoms with van der Waals surface area (Å²) in [6.45, 7) is 2.08. The summed E-state index contributed by atoms with van der Waals surface area (Å²) in [5, 5.41) is 3.39. The molecule has 0 N–H and O–H groups in total. The Labute approximate surface area is 167 Å². The van der Waals surface area contributed by atoms with E-state index in [1.807, 2.05) is 24.3 Å².